The summed E-state index contributed by atoms with van der Waals surface area (Å²) >= 11 is 0. The monoisotopic (exact) mass is 296 g/mol. The zero-order valence-electron chi connectivity index (χ0n) is 10.5. The number of halogens is 4. The molecule has 0 aromatic carbocycles. The summed E-state index contributed by atoms with van der Waals surface area (Å²) in [5.74, 6) is 1.08. The van der Waals surface area contributed by atoms with Gasteiger partial charge in [-0.2, -0.15) is 8.78 Å². The van der Waals surface area contributed by atoms with Crippen molar-refractivity contribution >= 4 is 5.69 Å². The van der Waals surface area contributed by atoms with E-state index >= 15 is 0 Å². The van der Waals surface area contributed by atoms with E-state index in [-0.39, 0.29) is 13.0 Å². The lowest BCUT2D eigenvalue weighted by Crippen LogP contribution is -2.42. The third kappa shape index (κ3) is 4.91. The maximum Gasteiger partial charge on any atom is 0.330 e. The van der Waals surface area contributed by atoms with Crippen LogP contribution in [0.15, 0.2) is 18.5 Å². The van der Waals surface area contributed by atoms with Gasteiger partial charge in [0.1, 0.15) is 6.61 Å². The van der Waals surface area contributed by atoms with Crippen LogP contribution in [-0.2, 0) is 11.2 Å². The van der Waals surface area contributed by atoms with Crippen molar-refractivity contribution in [2.75, 3.05) is 18.9 Å². The average Bonchev–Trinajstić information content (AvgIpc) is 2.39. The number of hydrogen-bond donors (Lipinski definition) is 3. The molecule has 1 rings (SSSR count). The molecule has 5 nitrogen and oxygen atoms in total. The molecular weight excluding hydrogens is 280 g/mol. The minimum absolute atomic E-state index is 0.257. The Morgan fingerprint density at radius 3 is 2.65 bits per heavy atom. The lowest BCUT2D eigenvalue weighted by atomic mass is 10.1. The van der Waals surface area contributed by atoms with Gasteiger partial charge < -0.3 is 10.5 Å². The van der Waals surface area contributed by atoms with Crippen LogP contribution in [0.4, 0.5) is 23.2 Å². The quantitative estimate of drug-likeness (QED) is 0.378. The fraction of sp³-hybridized carbons (Fsp3) is 0.545. The van der Waals surface area contributed by atoms with Crippen molar-refractivity contribution in [1.82, 2.24) is 10.4 Å². The van der Waals surface area contributed by atoms with Crippen LogP contribution in [-0.4, -0.2) is 36.6 Å². The standard InChI is InChI=1S/C11H16F4N4O/c12-10(13)11(14,15)6-20-5-8(19-17)3-7-4-18-2-1-9(7)16/h1-2,4,8,10,19H,3,5-6,17H2,(H2,16,18). The van der Waals surface area contributed by atoms with Gasteiger partial charge in [0.15, 0.2) is 0 Å². The lowest BCUT2D eigenvalue weighted by molar-refractivity contribution is -0.167. The van der Waals surface area contributed by atoms with Crippen LogP contribution < -0.4 is 17.0 Å². The van der Waals surface area contributed by atoms with Crippen LogP contribution in [0.3, 0.4) is 0 Å². The van der Waals surface area contributed by atoms with Crippen LogP contribution in [0.1, 0.15) is 5.56 Å². The molecule has 0 saturated heterocycles. The molecule has 1 aromatic rings. The molecule has 0 radical (unpaired) electrons. The van der Waals surface area contributed by atoms with Crippen LogP contribution in [0.5, 0.6) is 0 Å². The second kappa shape index (κ2) is 7.36. The summed E-state index contributed by atoms with van der Waals surface area (Å²) < 4.78 is 53.7. The molecule has 0 amide bonds. The number of ether oxygens (including phenoxy) is 1. The van der Waals surface area contributed by atoms with E-state index in [9.17, 15) is 17.6 Å². The number of anilines is 1. The SMILES string of the molecule is NNC(COCC(F)(F)C(F)F)Cc1cnccc1N. The van der Waals surface area contributed by atoms with E-state index in [4.69, 9.17) is 11.6 Å². The fourth-order valence-electron chi connectivity index (χ4n) is 1.44. The molecule has 1 atom stereocenters. The van der Waals surface area contributed by atoms with Crippen LogP contribution in [0.25, 0.3) is 0 Å². The number of nitrogens with two attached hydrogens (primary N) is 2. The van der Waals surface area contributed by atoms with E-state index in [0.717, 1.165) is 0 Å². The molecule has 1 aromatic heterocycles. The number of aromatic nitrogens is 1. The highest BCUT2D eigenvalue weighted by Gasteiger charge is 2.41. The minimum atomic E-state index is -4.17. The Labute approximate surface area is 113 Å². The average molecular weight is 296 g/mol. The third-order valence-electron chi connectivity index (χ3n) is 2.58. The molecule has 9 heteroatoms. The Kier molecular flexibility index (Phi) is 6.11. The van der Waals surface area contributed by atoms with Gasteiger partial charge in [0.05, 0.1) is 6.61 Å². The summed E-state index contributed by atoms with van der Waals surface area (Å²) in [6.45, 7) is -1.63. The summed E-state index contributed by atoms with van der Waals surface area (Å²) in [7, 11) is 0. The molecule has 0 aliphatic carbocycles. The summed E-state index contributed by atoms with van der Waals surface area (Å²) in [6, 6.07) is 1.03. The third-order valence-corrected chi connectivity index (χ3v) is 2.58. The highest BCUT2D eigenvalue weighted by Crippen LogP contribution is 2.23. The normalized spacial score (nSPS) is 13.7. The summed E-state index contributed by atoms with van der Waals surface area (Å²) in [5.41, 5.74) is 9.17. The van der Waals surface area contributed by atoms with Crippen LogP contribution >= 0.6 is 0 Å². The number of nitrogens with one attached hydrogen (secondary N) is 1. The largest absolute Gasteiger partial charge is 0.398 e. The molecule has 1 heterocycles. The van der Waals surface area contributed by atoms with Gasteiger partial charge in [-0.05, 0) is 18.1 Å². The smallest absolute Gasteiger partial charge is 0.330 e. The molecule has 0 aliphatic heterocycles. The topological polar surface area (TPSA) is 86.2 Å². The van der Waals surface area contributed by atoms with Gasteiger partial charge in [0.2, 0.25) is 0 Å². The number of hydrogen-bond acceptors (Lipinski definition) is 5. The predicted molar refractivity (Wildman–Crippen MR) is 65.2 cm³/mol. The molecule has 0 saturated carbocycles. The molecule has 20 heavy (non-hydrogen) atoms. The Bertz CT molecular complexity index is 419. The first-order valence-corrected chi connectivity index (χ1v) is 5.75. The second-order valence-electron chi connectivity index (χ2n) is 4.22. The number of rotatable bonds is 8. The van der Waals surface area contributed by atoms with Crippen molar-refractivity contribution in [3.05, 3.63) is 24.0 Å². The first-order chi connectivity index (χ1) is 9.36. The number of nitrogen functional groups attached to an aromatic ring is 1. The highest BCUT2D eigenvalue weighted by atomic mass is 19.3. The van der Waals surface area contributed by atoms with E-state index in [2.05, 4.69) is 15.1 Å². The second-order valence-corrected chi connectivity index (χ2v) is 4.22. The zero-order valence-corrected chi connectivity index (χ0v) is 10.5. The van der Waals surface area contributed by atoms with Crippen LogP contribution in [0.2, 0.25) is 0 Å². The zero-order chi connectivity index (χ0) is 15.2. The van der Waals surface area contributed by atoms with Crippen molar-refractivity contribution in [2.24, 2.45) is 5.84 Å². The molecule has 0 fully saturated rings. The number of pyridine rings is 1. The summed E-state index contributed by atoms with van der Waals surface area (Å²) in [5, 5.41) is 0. The van der Waals surface area contributed by atoms with Crippen molar-refractivity contribution in [1.29, 1.82) is 0 Å². The Balaban J connectivity index is 2.47. The first-order valence-electron chi connectivity index (χ1n) is 5.75. The van der Waals surface area contributed by atoms with Crippen molar-refractivity contribution in [3.63, 3.8) is 0 Å². The van der Waals surface area contributed by atoms with Crippen LogP contribution in [0, 0.1) is 0 Å². The van der Waals surface area contributed by atoms with E-state index < -0.39 is 25.0 Å². The van der Waals surface area contributed by atoms with Crippen molar-refractivity contribution in [2.45, 2.75) is 24.8 Å². The minimum Gasteiger partial charge on any atom is -0.398 e. The van der Waals surface area contributed by atoms with Gasteiger partial charge in [-0.3, -0.25) is 16.3 Å². The van der Waals surface area contributed by atoms with E-state index in [1.54, 1.807) is 6.07 Å². The first kappa shape index (κ1) is 16.6. The molecule has 114 valence electrons. The number of alkyl halides is 4. The highest BCUT2D eigenvalue weighted by molar-refractivity contribution is 5.44. The number of nitrogens with zero attached hydrogens (tertiary/aromatic N) is 1. The van der Waals surface area contributed by atoms with E-state index in [0.29, 0.717) is 11.3 Å². The summed E-state index contributed by atoms with van der Waals surface area (Å²) in [4.78, 5) is 3.87. The molecule has 1 unspecified atom stereocenters. The maximum absolute atomic E-state index is 12.6. The van der Waals surface area contributed by atoms with Gasteiger partial charge in [0, 0.05) is 24.1 Å². The van der Waals surface area contributed by atoms with E-state index in [1.165, 1.54) is 12.4 Å². The van der Waals surface area contributed by atoms with Gasteiger partial charge in [0.25, 0.3) is 0 Å². The predicted octanol–water partition coefficient (Wildman–Crippen LogP) is 0.955. The van der Waals surface area contributed by atoms with Gasteiger partial charge in [-0.1, -0.05) is 0 Å². The molecule has 0 bridgehead atoms. The molecule has 5 N–H and O–H groups in total. The Hall–Kier alpha value is -1.45. The van der Waals surface area contributed by atoms with Crippen molar-refractivity contribution < 1.29 is 22.3 Å². The maximum atomic E-state index is 12.6. The Morgan fingerprint density at radius 1 is 1.40 bits per heavy atom. The lowest BCUT2D eigenvalue weighted by Gasteiger charge is -2.19. The fourth-order valence-corrected chi connectivity index (χ4v) is 1.44. The summed E-state index contributed by atoms with van der Waals surface area (Å²) in [6.07, 6.45) is -0.478. The Morgan fingerprint density at radius 2 is 2.10 bits per heavy atom. The van der Waals surface area contributed by atoms with E-state index in [1.807, 2.05) is 0 Å². The number of hydrazine groups is 1. The van der Waals surface area contributed by atoms with Crippen molar-refractivity contribution in [3.8, 4) is 0 Å². The van der Waals surface area contributed by atoms with Gasteiger partial charge >= 0.3 is 12.3 Å². The molecule has 0 spiro atoms. The molecule has 0 aliphatic rings. The van der Waals surface area contributed by atoms with Gasteiger partial charge in [-0.15, -0.1) is 0 Å². The van der Waals surface area contributed by atoms with Gasteiger partial charge in [-0.25, -0.2) is 8.78 Å². The molecular formula is C11H16F4N4O.